The van der Waals surface area contributed by atoms with Crippen LogP contribution in [0.4, 0.5) is 0 Å². The number of rotatable bonds is 8. The van der Waals surface area contributed by atoms with Gasteiger partial charge < -0.3 is 24.1 Å². The molecule has 0 saturated heterocycles. The second kappa shape index (κ2) is 8.13. The predicted octanol–water partition coefficient (Wildman–Crippen LogP) is 4.45. The van der Waals surface area contributed by atoms with Crippen molar-refractivity contribution in [3.63, 3.8) is 0 Å². The van der Waals surface area contributed by atoms with E-state index in [4.69, 9.17) is 18.9 Å². The summed E-state index contributed by atoms with van der Waals surface area (Å²) in [7, 11) is 3.06. The second-order valence-electron chi connectivity index (χ2n) is 7.92. The molecule has 2 aliphatic rings. The molecule has 1 aliphatic heterocycles. The summed E-state index contributed by atoms with van der Waals surface area (Å²) in [6.45, 7) is 2.10. The fraction of sp³-hybridized carbons (Fsp3) is 0.417. The molecule has 1 atom stereocenters. The molecule has 0 amide bonds. The zero-order chi connectivity index (χ0) is 22.2. The van der Waals surface area contributed by atoms with E-state index in [-0.39, 0.29) is 12.6 Å². The molecule has 31 heavy (non-hydrogen) atoms. The van der Waals surface area contributed by atoms with Crippen LogP contribution < -0.4 is 14.2 Å². The summed E-state index contributed by atoms with van der Waals surface area (Å²) in [6.07, 6.45) is 2.01. The smallest absolute Gasteiger partial charge is 0.338 e. The Hall–Kier alpha value is -3.22. The van der Waals surface area contributed by atoms with Crippen molar-refractivity contribution < 1.29 is 33.6 Å². The number of esters is 1. The van der Waals surface area contributed by atoms with Crippen molar-refractivity contribution in [3.05, 3.63) is 41.5 Å². The van der Waals surface area contributed by atoms with E-state index in [9.17, 15) is 14.7 Å². The number of carboxylic acid groups (broad SMARTS) is 1. The number of fused-ring (bicyclic) bond motifs is 1. The normalized spacial score (nSPS) is 17.2. The number of hydrogen-bond donors (Lipinski definition) is 1. The molecule has 164 valence electrons. The maximum Gasteiger partial charge on any atom is 0.338 e. The Kier molecular flexibility index (Phi) is 5.52. The molecular weight excluding hydrogens is 400 g/mol. The van der Waals surface area contributed by atoms with Crippen LogP contribution >= 0.6 is 0 Å². The number of aliphatic carboxylic acids is 1. The van der Waals surface area contributed by atoms with Gasteiger partial charge in [0.2, 0.25) is 5.75 Å². The van der Waals surface area contributed by atoms with Crippen LogP contribution in [0.25, 0.3) is 11.1 Å². The minimum Gasteiger partial charge on any atom is -0.493 e. The van der Waals surface area contributed by atoms with Crippen molar-refractivity contribution in [2.45, 2.75) is 45.3 Å². The predicted molar refractivity (Wildman–Crippen MR) is 113 cm³/mol. The Morgan fingerprint density at radius 2 is 1.84 bits per heavy atom. The number of carbonyl (C=O) groups excluding carboxylic acids is 1. The number of hydrogen-bond acceptors (Lipinski definition) is 6. The largest absolute Gasteiger partial charge is 0.493 e. The number of benzene rings is 2. The highest BCUT2D eigenvalue weighted by Crippen LogP contribution is 2.51. The van der Waals surface area contributed by atoms with Gasteiger partial charge in [0.15, 0.2) is 11.5 Å². The lowest BCUT2D eigenvalue weighted by atomic mass is 9.64. The topological polar surface area (TPSA) is 91.3 Å². The molecule has 2 aromatic rings. The summed E-state index contributed by atoms with van der Waals surface area (Å²) in [5, 5.41) is 9.94. The molecular formula is C24H26O7. The number of carboxylic acids is 1. The van der Waals surface area contributed by atoms with Gasteiger partial charge in [0.1, 0.15) is 18.1 Å². The van der Waals surface area contributed by atoms with Crippen LogP contribution in [-0.4, -0.2) is 37.4 Å². The third kappa shape index (κ3) is 3.28. The summed E-state index contributed by atoms with van der Waals surface area (Å²) in [4.78, 5) is 24.2. The van der Waals surface area contributed by atoms with Crippen LogP contribution in [0.5, 0.6) is 17.2 Å². The van der Waals surface area contributed by atoms with Gasteiger partial charge in [0.25, 0.3) is 0 Å². The molecule has 1 heterocycles. The third-order valence-electron chi connectivity index (χ3n) is 6.45. The molecule has 0 bridgehead atoms. The summed E-state index contributed by atoms with van der Waals surface area (Å²) >= 11 is 0. The lowest BCUT2D eigenvalue weighted by Gasteiger charge is -2.43. The molecule has 2 aromatic carbocycles. The van der Waals surface area contributed by atoms with Gasteiger partial charge in [-0.15, -0.1) is 0 Å². The fourth-order valence-electron chi connectivity index (χ4n) is 4.59. The average molecular weight is 426 g/mol. The Labute approximate surface area is 180 Å². The molecule has 4 rings (SSSR count). The van der Waals surface area contributed by atoms with E-state index in [0.717, 1.165) is 17.5 Å². The zero-order valence-corrected chi connectivity index (χ0v) is 17.9. The summed E-state index contributed by atoms with van der Waals surface area (Å²) in [5.41, 5.74) is 1.86. The standard InChI is InChI=1S/C24H26O7/c1-4-19(24(23(26)27)11-6-12-24)31-20-15(9-10-18(28-2)21(20)29-3)14-7-5-8-16-17(14)13-30-22(16)25/h5,7-10,19H,4,6,11-13H2,1-3H3,(H,26,27). The quantitative estimate of drug-likeness (QED) is 0.624. The van der Waals surface area contributed by atoms with Crippen molar-refractivity contribution >= 4 is 11.9 Å². The Morgan fingerprint density at radius 1 is 1.10 bits per heavy atom. The molecule has 7 nitrogen and oxygen atoms in total. The highest BCUT2D eigenvalue weighted by atomic mass is 16.5. The molecule has 1 fully saturated rings. The van der Waals surface area contributed by atoms with Gasteiger partial charge in [0, 0.05) is 11.1 Å². The van der Waals surface area contributed by atoms with Crippen LogP contribution in [0, 0.1) is 5.41 Å². The Balaban J connectivity index is 1.87. The molecule has 0 radical (unpaired) electrons. The first-order valence-electron chi connectivity index (χ1n) is 10.4. The lowest BCUT2D eigenvalue weighted by Crippen LogP contribution is -2.50. The van der Waals surface area contributed by atoms with Crippen LogP contribution in [0.2, 0.25) is 0 Å². The van der Waals surface area contributed by atoms with Crippen LogP contribution in [0.15, 0.2) is 30.3 Å². The van der Waals surface area contributed by atoms with E-state index in [2.05, 4.69) is 0 Å². The van der Waals surface area contributed by atoms with Crippen molar-refractivity contribution in [1.82, 2.24) is 0 Å². The molecule has 0 spiro atoms. The van der Waals surface area contributed by atoms with E-state index in [1.54, 1.807) is 18.2 Å². The molecule has 1 unspecified atom stereocenters. The van der Waals surface area contributed by atoms with E-state index in [1.807, 2.05) is 19.1 Å². The third-order valence-corrected chi connectivity index (χ3v) is 6.45. The fourth-order valence-corrected chi connectivity index (χ4v) is 4.59. The minimum absolute atomic E-state index is 0.175. The molecule has 1 aliphatic carbocycles. The minimum atomic E-state index is -0.919. The van der Waals surface area contributed by atoms with E-state index < -0.39 is 17.5 Å². The first-order valence-corrected chi connectivity index (χ1v) is 10.4. The summed E-state index contributed by atoms with van der Waals surface area (Å²) < 4.78 is 22.8. The highest BCUT2D eigenvalue weighted by Gasteiger charge is 2.52. The van der Waals surface area contributed by atoms with Crippen LogP contribution in [-0.2, 0) is 16.1 Å². The van der Waals surface area contributed by atoms with Gasteiger partial charge in [0.05, 0.1) is 19.8 Å². The van der Waals surface area contributed by atoms with Gasteiger partial charge in [-0.05, 0) is 43.0 Å². The molecule has 0 aromatic heterocycles. The highest BCUT2D eigenvalue weighted by molar-refractivity contribution is 5.96. The molecule has 1 N–H and O–H groups in total. The summed E-state index contributed by atoms with van der Waals surface area (Å²) in [5.74, 6) is 0.0864. The molecule has 1 saturated carbocycles. The number of cyclic esters (lactones) is 1. The van der Waals surface area contributed by atoms with Gasteiger partial charge >= 0.3 is 11.9 Å². The van der Waals surface area contributed by atoms with Gasteiger partial charge in [-0.1, -0.05) is 25.5 Å². The maximum atomic E-state index is 12.1. The van der Waals surface area contributed by atoms with Crippen LogP contribution in [0.3, 0.4) is 0 Å². The van der Waals surface area contributed by atoms with E-state index >= 15 is 0 Å². The Bertz CT molecular complexity index is 1020. The zero-order valence-electron chi connectivity index (χ0n) is 17.9. The van der Waals surface area contributed by atoms with E-state index in [1.165, 1.54) is 14.2 Å². The monoisotopic (exact) mass is 426 g/mol. The van der Waals surface area contributed by atoms with Crippen LogP contribution in [0.1, 0.15) is 48.5 Å². The average Bonchev–Trinajstić information content (AvgIpc) is 3.12. The van der Waals surface area contributed by atoms with Gasteiger partial charge in [-0.3, -0.25) is 4.79 Å². The van der Waals surface area contributed by atoms with Crippen molar-refractivity contribution in [2.75, 3.05) is 14.2 Å². The molecule has 7 heteroatoms. The Morgan fingerprint density at radius 3 is 2.42 bits per heavy atom. The SMILES string of the molecule is CCC(Oc1c(-c2cccc3c2COC3=O)ccc(OC)c1OC)C1(C(=O)O)CCC1. The summed E-state index contributed by atoms with van der Waals surface area (Å²) in [6, 6.07) is 9.04. The lowest BCUT2D eigenvalue weighted by molar-refractivity contribution is -0.163. The van der Waals surface area contributed by atoms with E-state index in [0.29, 0.717) is 47.6 Å². The first kappa shape index (κ1) is 21.0. The number of carbonyl (C=O) groups is 2. The van der Waals surface area contributed by atoms with Gasteiger partial charge in [-0.2, -0.15) is 0 Å². The van der Waals surface area contributed by atoms with Gasteiger partial charge in [-0.25, -0.2) is 4.79 Å². The maximum absolute atomic E-state index is 12.1. The number of ether oxygens (including phenoxy) is 4. The van der Waals surface area contributed by atoms with Crippen molar-refractivity contribution in [1.29, 1.82) is 0 Å². The van der Waals surface area contributed by atoms with Crippen molar-refractivity contribution in [3.8, 4) is 28.4 Å². The van der Waals surface area contributed by atoms with Crippen molar-refractivity contribution in [2.24, 2.45) is 5.41 Å². The number of methoxy groups -OCH3 is 2. The first-order chi connectivity index (χ1) is 15.0. The second-order valence-corrected chi connectivity index (χ2v) is 7.92.